The van der Waals surface area contributed by atoms with Crippen molar-refractivity contribution < 1.29 is 9.59 Å². The zero-order valence-corrected chi connectivity index (χ0v) is 21.2. The van der Waals surface area contributed by atoms with Gasteiger partial charge in [0.25, 0.3) is 0 Å². The lowest BCUT2D eigenvalue weighted by atomic mass is 9.47. The fourth-order valence-corrected chi connectivity index (χ4v) is 10.3. The van der Waals surface area contributed by atoms with Crippen LogP contribution in [0.3, 0.4) is 0 Å². The Kier molecular flexibility index (Phi) is 5.42. The van der Waals surface area contributed by atoms with E-state index in [4.69, 9.17) is 0 Å². The van der Waals surface area contributed by atoms with Crippen LogP contribution in [0, 0.1) is 39.9 Å². The van der Waals surface area contributed by atoms with Crippen LogP contribution >= 0.6 is 0 Å². The molecule has 33 heavy (non-hydrogen) atoms. The van der Waals surface area contributed by atoms with Gasteiger partial charge in [-0.05, 0) is 105 Å². The molecule has 4 heteroatoms. The Morgan fingerprint density at radius 3 is 2.30 bits per heavy atom. The first kappa shape index (κ1) is 22.4. The molecular formula is C29H46N2O2. The quantitative estimate of drug-likeness (QED) is 0.553. The highest BCUT2D eigenvalue weighted by Crippen LogP contribution is 2.65. The molecule has 4 nitrogen and oxygen atoms in total. The third-order valence-electron chi connectivity index (χ3n) is 12.4. The third-order valence-corrected chi connectivity index (χ3v) is 12.4. The van der Waals surface area contributed by atoms with Crippen molar-refractivity contribution in [3.8, 4) is 0 Å². The topological polar surface area (TPSA) is 49.4 Å². The van der Waals surface area contributed by atoms with Crippen LogP contribution in [0.15, 0.2) is 0 Å². The van der Waals surface area contributed by atoms with Crippen LogP contribution in [0.2, 0.25) is 0 Å². The SMILES string of the molecule is C[C@]12CCC(=O)N[C@@H]1CC[C@@H]1[C@@H]2CC[C@]2(C)[C@@H](C(=O)N3CCC4(CCCCC4)CC3)CC[C@@H]12. The van der Waals surface area contributed by atoms with Gasteiger partial charge in [0, 0.05) is 31.5 Å². The van der Waals surface area contributed by atoms with Gasteiger partial charge in [-0.15, -0.1) is 0 Å². The molecule has 6 aliphatic rings. The second kappa shape index (κ2) is 7.98. The average molecular weight is 455 g/mol. The van der Waals surface area contributed by atoms with Gasteiger partial charge in [0.1, 0.15) is 0 Å². The van der Waals surface area contributed by atoms with Crippen LogP contribution < -0.4 is 5.32 Å². The van der Waals surface area contributed by atoms with Gasteiger partial charge in [-0.25, -0.2) is 0 Å². The van der Waals surface area contributed by atoms with Crippen molar-refractivity contribution in [2.45, 2.75) is 116 Å². The summed E-state index contributed by atoms with van der Waals surface area (Å²) in [6.07, 6.45) is 18.5. The van der Waals surface area contributed by atoms with E-state index in [1.54, 1.807) is 0 Å². The fourth-order valence-electron chi connectivity index (χ4n) is 10.3. The number of fused-ring (bicyclic) bond motifs is 5. The number of nitrogens with one attached hydrogen (secondary N) is 1. The lowest BCUT2D eigenvalue weighted by Gasteiger charge is -2.60. The molecule has 0 aromatic carbocycles. The van der Waals surface area contributed by atoms with Crippen molar-refractivity contribution >= 4 is 11.8 Å². The van der Waals surface area contributed by atoms with E-state index >= 15 is 0 Å². The number of rotatable bonds is 1. The lowest BCUT2D eigenvalue weighted by Crippen LogP contribution is -2.61. The molecule has 6 rings (SSSR count). The minimum atomic E-state index is 0.194. The zero-order chi connectivity index (χ0) is 22.8. The number of carbonyl (C=O) groups excluding carboxylic acids is 2. The third kappa shape index (κ3) is 3.43. The highest BCUT2D eigenvalue weighted by atomic mass is 16.2. The van der Waals surface area contributed by atoms with Gasteiger partial charge in [-0.3, -0.25) is 9.59 Å². The summed E-state index contributed by atoms with van der Waals surface area (Å²) >= 11 is 0. The summed E-state index contributed by atoms with van der Waals surface area (Å²) in [5.74, 6) is 3.21. The Labute approximate surface area is 201 Å². The Balaban J connectivity index is 1.15. The summed E-state index contributed by atoms with van der Waals surface area (Å²) < 4.78 is 0. The van der Waals surface area contributed by atoms with Crippen LogP contribution in [0.25, 0.3) is 0 Å². The fraction of sp³-hybridized carbons (Fsp3) is 0.931. The van der Waals surface area contributed by atoms with E-state index in [1.807, 2.05) is 0 Å². The van der Waals surface area contributed by atoms with E-state index in [-0.39, 0.29) is 22.7 Å². The van der Waals surface area contributed by atoms with Crippen molar-refractivity contribution in [1.29, 1.82) is 0 Å². The largest absolute Gasteiger partial charge is 0.353 e. The lowest BCUT2D eigenvalue weighted by molar-refractivity contribution is -0.149. The molecular weight excluding hydrogens is 408 g/mol. The molecule has 4 saturated carbocycles. The zero-order valence-electron chi connectivity index (χ0n) is 21.2. The van der Waals surface area contributed by atoms with Crippen LogP contribution in [-0.2, 0) is 9.59 Å². The number of hydrogen-bond acceptors (Lipinski definition) is 2. The van der Waals surface area contributed by atoms with Crippen LogP contribution in [0.5, 0.6) is 0 Å². The normalized spacial score (nSPS) is 46.8. The van der Waals surface area contributed by atoms with Crippen molar-refractivity contribution in [3.63, 3.8) is 0 Å². The van der Waals surface area contributed by atoms with E-state index in [1.165, 1.54) is 70.6 Å². The van der Waals surface area contributed by atoms with Crippen molar-refractivity contribution in [3.05, 3.63) is 0 Å². The highest BCUT2D eigenvalue weighted by molar-refractivity contribution is 5.80. The van der Waals surface area contributed by atoms with Gasteiger partial charge in [0.2, 0.25) is 11.8 Å². The van der Waals surface area contributed by atoms with Crippen molar-refractivity contribution in [2.24, 2.45) is 39.9 Å². The Hall–Kier alpha value is -1.06. The first-order valence-corrected chi connectivity index (χ1v) is 14.4. The predicted molar refractivity (Wildman–Crippen MR) is 130 cm³/mol. The average Bonchev–Trinajstić information content (AvgIpc) is 3.17. The first-order valence-electron chi connectivity index (χ1n) is 14.4. The van der Waals surface area contributed by atoms with E-state index in [2.05, 4.69) is 24.1 Å². The number of amides is 2. The summed E-state index contributed by atoms with van der Waals surface area (Å²) in [5.41, 5.74) is 1.03. The number of carbonyl (C=O) groups is 2. The molecule has 1 spiro atoms. The summed E-state index contributed by atoms with van der Waals surface area (Å²) in [7, 11) is 0. The molecule has 2 amide bonds. The molecule has 2 heterocycles. The van der Waals surface area contributed by atoms with Gasteiger partial charge in [-0.1, -0.05) is 33.1 Å². The molecule has 2 aliphatic heterocycles. The molecule has 0 aromatic heterocycles. The second-order valence-electron chi connectivity index (χ2n) is 13.6. The Morgan fingerprint density at radius 1 is 0.818 bits per heavy atom. The van der Waals surface area contributed by atoms with Crippen LogP contribution in [0.1, 0.15) is 110 Å². The van der Waals surface area contributed by atoms with Gasteiger partial charge in [0.05, 0.1) is 0 Å². The molecule has 1 N–H and O–H groups in total. The van der Waals surface area contributed by atoms with Crippen LogP contribution in [-0.4, -0.2) is 35.8 Å². The maximum atomic E-state index is 13.9. The minimum Gasteiger partial charge on any atom is -0.353 e. The first-order chi connectivity index (χ1) is 15.8. The van der Waals surface area contributed by atoms with E-state index in [0.717, 1.165) is 44.2 Å². The van der Waals surface area contributed by atoms with Gasteiger partial charge >= 0.3 is 0 Å². The van der Waals surface area contributed by atoms with Crippen molar-refractivity contribution in [1.82, 2.24) is 10.2 Å². The van der Waals surface area contributed by atoms with Crippen molar-refractivity contribution in [2.75, 3.05) is 13.1 Å². The van der Waals surface area contributed by atoms with Gasteiger partial charge in [-0.2, -0.15) is 0 Å². The molecule has 0 aromatic rings. The number of hydrogen-bond donors (Lipinski definition) is 1. The summed E-state index contributed by atoms with van der Waals surface area (Å²) in [6.45, 7) is 7.00. The summed E-state index contributed by atoms with van der Waals surface area (Å²) in [6, 6.07) is 0.378. The maximum Gasteiger partial charge on any atom is 0.226 e. The Morgan fingerprint density at radius 2 is 1.55 bits per heavy atom. The second-order valence-corrected chi connectivity index (χ2v) is 13.6. The monoisotopic (exact) mass is 454 g/mol. The smallest absolute Gasteiger partial charge is 0.226 e. The molecule has 7 atom stereocenters. The minimum absolute atomic E-state index is 0.194. The maximum absolute atomic E-state index is 13.9. The predicted octanol–water partition coefficient (Wildman–Crippen LogP) is 5.70. The molecule has 6 fully saturated rings. The molecule has 0 bridgehead atoms. The highest BCUT2D eigenvalue weighted by Gasteiger charge is 2.61. The van der Waals surface area contributed by atoms with E-state index in [9.17, 15) is 9.59 Å². The van der Waals surface area contributed by atoms with Crippen LogP contribution in [0.4, 0.5) is 0 Å². The summed E-state index contributed by atoms with van der Waals surface area (Å²) in [4.78, 5) is 28.3. The van der Waals surface area contributed by atoms with Gasteiger partial charge < -0.3 is 10.2 Å². The molecule has 4 aliphatic carbocycles. The standard InChI is InChI=1S/C29H46N2O2/c1-27-14-10-22-20(6-9-24-28(22,2)15-11-25(32)30-24)21(27)7-8-23(27)26(33)31-18-16-29(17-19-31)12-4-3-5-13-29/h20-24H,3-19H2,1-2H3,(H,30,32)/t20-,21-,22-,23+,24+,27-,28+/m0/s1. The molecule has 2 saturated heterocycles. The van der Waals surface area contributed by atoms with Gasteiger partial charge in [0.15, 0.2) is 0 Å². The molecule has 184 valence electrons. The number of piperidine rings is 2. The Bertz CT molecular complexity index is 793. The summed E-state index contributed by atoms with van der Waals surface area (Å²) in [5, 5.41) is 3.36. The van der Waals surface area contributed by atoms with E-state index in [0.29, 0.717) is 29.7 Å². The number of likely N-dealkylation sites (tertiary alicyclic amines) is 1. The number of nitrogens with zero attached hydrogens (tertiary/aromatic N) is 1. The molecule has 0 unspecified atom stereocenters. The van der Waals surface area contributed by atoms with E-state index < -0.39 is 0 Å². The molecule has 0 radical (unpaired) electrons.